The maximum absolute atomic E-state index is 11.9. The molecule has 0 aliphatic carbocycles. The summed E-state index contributed by atoms with van der Waals surface area (Å²) in [7, 11) is 0. The minimum absolute atomic E-state index is 0.262. The molecule has 0 saturated heterocycles. The van der Waals surface area contributed by atoms with Crippen LogP contribution in [0.4, 0.5) is 0 Å². The van der Waals surface area contributed by atoms with Crippen molar-refractivity contribution < 1.29 is 9.73 Å². The maximum Gasteiger partial charge on any atom is 0.336 e. The van der Waals surface area contributed by atoms with Crippen LogP contribution >= 0.6 is 0 Å². The summed E-state index contributed by atoms with van der Waals surface area (Å²) in [4.78, 5) is 11.9. The Bertz CT molecular complexity index is 912. The Labute approximate surface area is 148 Å². The predicted molar refractivity (Wildman–Crippen MR) is 102 cm³/mol. The van der Waals surface area contributed by atoms with Gasteiger partial charge in [0.25, 0.3) is 0 Å². The summed E-state index contributed by atoms with van der Waals surface area (Å²) in [5.41, 5.74) is 5.09. The van der Waals surface area contributed by atoms with Crippen molar-refractivity contribution in [1.82, 2.24) is 0 Å². The molecule has 0 unspecified atom stereocenters. The number of fused-ring (bicyclic) bond motifs is 1. The second-order valence-electron chi connectivity index (χ2n) is 6.92. The number of hydrogen-bond acceptors (Lipinski definition) is 2. The lowest BCUT2D eigenvalue weighted by Gasteiger charge is -2.12. The zero-order valence-electron chi connectivity index (χ0n) is 15.2. The fourth-order valence-corrected chi connectivity index (χ4v) is 3.18. The lowest BCUT2D eigenvalue weighted by Crippen LogP contribution is -2.87. The van der Waals surface area contributed by atoms with Crippen LogP contribution in [-0.4, -0.2) is 6.04 Å². The first kappa shape index (κ1) is 17.4. The van der Waals surface area contributed by atoms with Gasteiger partial charge in [0.05, 0.1) is 6.04 Å². The molecular formula is C22H26NO2+. The van der Waals surface area contributed by atoms with Gasteiger partial charge < -0.3 is 9.73 Å². The Morgan fingerprint density at radius 1 is 1.08 bits per heavy atom. The van der Waals surface area contributed by atoms with Crippen LogP contribution in [0.3, 0.4) is 0 Å². The molecule has 0 amide bonds. The molecule has 0 saturated carbocycles. The monoisotopic (exact) mass is 336 g/mol. The number of quaternary nitrogens is 1. The minimum atomic E-state index is -0.262. The van der Waals surface area contributed by atoms with Crippen LogP contribution in [-0.2, 0) is 13.0 Å². The number of rotatable bonds is 6. The molecule has 2 N–H and O–H groups in total. The van der Waals surface area contributed by atoms with Gasteiger partial charge in [0.2, 0.25) is 0 Å². The molecule has 0 fully saturated rings. The topological polar surface area (TPSA) is 46.8 Å². The van der Waals surface area contributed by atoms with Crippen molar-refractivity contribution in [3.8, 4) is 0 Å². The molecule has 2 aromatic carbocycles. The van der Waals surface area contributed by atoms with Crippen molar-refractivity contribution >= 4 is 11.0 Å². The van der Waals surface area contributed by atoms with Crippen LogP contribution in [0, 0.1) is 13.8 Å². The molecule has 3 rings (SSSR count). The van der Waals surface area contributed by atoms with Crippen LogP contribution in [0.1, 0.15) is 35.6 Å². The highest BCUT2D eigenvalue weighted by atomic mass is 16.4. The second-order valence-corrected chi connectivity index (χ2v) is 6.92. The maximum atomic E-state index is 11.9. The molecule has 3 aromatic rings. The van der Waals surface area contributed by atoms with Gasteiger partial charge in [-0.25, -0.2) is 4.79 Å². The van der Waals surface area contributed by atoms with E-state index in [1.807, 2.05) is 13.8 Å². The van der Waals surface area contributed by atoms with Gasteiger partial charge in [-0.2, -0.15) is 0 Å². The SMILES string of the molecule is Cc1ccc2c(C[NH2+][C@@H](C)CCc3ccccc3)cc(=O)oc2c1C. The van der Waals surface area contributed by atoms with E-state index in [1.54, 1.807) is 6.07 Å². The molecule has 0 aliphatic rings. The van der Waals surface area contributed by atoms with Gasteiger partial charge in [-0.1, -0.05) is 42.5 Å². The Balaban J connectivity index is 1.70. The van der Waals surface area contributed by atoms with E-state index in [0.717, 1.165) is 47.0 Å². The Hall–Kier alpha value is -2.39. The third-order valence-electron chi connectivity index (χ3n) is 4.99. The third-order valence-corrected chi connectivity index (χ3v) is 4.99. The number of benzene rings is 2. The van der Waals surface area contributed by atoms with Crippen LogP contribution < -0.4 is 10.9 Å². The summed E-state index contributed by atoms with van der Waals surface area (Å²) < 4.78 is 5.46. The molecule has 25 heavy (non-hydrogen) atoms. The molecule has 1 aromatic heterocycles. The summed E-state index contributed by atoms with van der Waals surface area (Å²) in [6.07, 6.45) is 2.19. The van der Waals surface area contributed by atoms with Gasteiger partial charge in [0, 0.05) is 23.4 Å². The van der Waals surface area contributed by atoms with Crippen molar-refractivity contribution in [3.05, 3.63) is 81.2 Å². The van der Waals surface area contributed by atoms with Crippen molar-refractivity contribution in [1.29, 1.82) is 0 Å². The highest BCUT2D eigenvalue weighted by Gasteiger charge is 2.12. The Morgan fingerprint density at radius 3 is 2.60 bits per heavy atom. The van der Waals surface area contributed by atoms with Crippen LogP contribution in [0.15, 0.2) is 57.7 Å². The van der Waals surface area contributed by atoms with E-state index in [0.29, 0.717) is 6.04 Å². The summed E-state index contributed by atoms with van der Waals surface area (Å²) in [6, 6.07) is 16.9. The van der Waals surface area contributed by atoms with Crippen molar-refractivity contribution in [2.45, 2.75) is 46.2 Å². The third kappa shape index (κ3) is 4.18. The Morgan fingerprint density at radius 2 is 1.84 bits per heavy atom. The molecule has 0 aliphatic heterocycles. The van der Waals surface area contributed by atoms with Gasteiger partial charge in [-0.3, -0.25) is 0 Å². The molecule has 130 valence electrons. The Kier molecular flexibility index (Phi) is 5.34. The van der Waals surface area contributed by atoms with Gasteiger partial charge in [-0.15, -0.1) is 0 Å². The molecule has 0 radical (unpaired) electrons. The van der Waals surface area contributed by atoms with Crippen LogP contribution in [0.25, 0.3) is 11.0 Å². The smallest absolute Gasteiger partial charge is 0.336 e. The average molecular weight is 336 g/mol. The van der Waals surface area contributed by atoms with E-state index < -0.39 is 0 Å². The quantitative estimate of drug-likeness (QED) is 0.700. The van der Waals surface area contributed by atoms with Gasteiger partial charge in [0.15, 0.2) is 0 Å². The van der Waals surface area contributed by atoms with Crippen molar-refractivity contribution in [2.24, 2.45) is 0 Å². The van der Waals surface area contributed by atoms with E-state index >= 15 is 0 Å². The van der Waals surface area contributed by atoms with Crippen LogP contribution in [0.2, 0.25) is 0 Å². The minimum Gasteiger partial charge on any atom is -0.422 e. The summed E-state index contributed by atoms with van der Waals surface area (Å²) in [5, 5.41) is 3.36. The van der Waals surface area contributed by atoms with Gasteiger partial charge >= 0.3 is 5.63 Å². The van der Waals surface area contributed by atoms with Crippen molar-refractivity contribution in [3.63, 3.8) is 0 Å². The standard InChI is InChI=1S/C22H25NO2/c1-15-9-12-20-19(13-21(24)25-22(20)17(15)3)14-23-16(2)10-11-18-7-5-4-6-8-18/h4-9,12-13,16,23H,10-11,14H2,1-3H3/p+1/t16-/m0/s1. The van der Waals surface area contributed by atoms with Gasteiger partial charge in [0.1, 0.15) is 12.1 Å². The van der Waals surface area contributed by atoms with E-state index in [9.17, 15) is 4.79 Å². The average Bonchev–Trinajstić information content (AvgIpc) is 2.62. The highest BCUT2D eigenvalue weighted by molar-refractivity contribution is 5.83. The zero-order chi connectivity index (χ0) is 17.8. The van der Waals surface area contributed by atoms with E-state index in [-0.39, 0.29) is 5.63 Å². The molecule has 0 spiro atoms. The first-order chi connectivity index (χ1) is 12.0. The predicted octanol–water partition coefficient (Wildman–Crippen LogP) is 3.49. The zero-order valence-corrected chi connectivity index (χ0v) is 15.2. The molecule has 3 nitrogen and oxygen atoms in total. The fourth-order valence-electron chi connectivity index (χ4n) is 3.18. The first-order valence-corrected chi connectivity index (χ1v) is 8.95. The van der Waals surface area contributed by atoms with Crippen LogP contribution in [0.5, 0.6) is 0 Å². The second kappa shape index (κ2) is 7.66. The van der Waals surface area contributed by atoms with E-state index in [2.05, 4.69) is 54.7 Å². The number of hydrogen-bond donors (Lipinski definition) is 1. The molecular weight excluding hydrogens is 310 g/mol. The number of nitrogens with two attached hydrogens (primary N) is 1. The molecule has 1 atom stereocenters. The molecule has 1 heterocycles. The highest BCUT2D eigenvalue weighted by Crippen LogP contribution is 2.22. The molecule has 0 bridgehead atoms. The van der Waals surface area contributed by atoms with Gasteiger partial charge in [-0.05, 0) is 43.9 Å². The van der Waals surface area contributed by atoms with Crippen molar-refractivity contribution in [2.75, 3.05) is 0 Å². The normalized spacial score (nSPS) is 12.4. The summed E-state index contributed by atoms with van der Waals surface area (Å²) >= 11 is 0. The fraction of sp³-hybridized carbons (Fsp3) is 0.318. The van der Waals surface area contributed by atoms with E-state index in [1.165, 1.54) is 5.56 Å². The summed E-state index contributed by atoms with van der Waals surface area (Å²) in [5.74, 6) is 0. The molecule has 3 heteroatoms. The largest absolute Gasteiger partial charge is 0.422 e. The lowest BCUT2D eigenvalue weighted by molar-refractivity contribution is -0.701. The lowest BCUT2D eigenvalue weighted by atomic mass is 10.0. The number of aryl methyl sites for hydroxylation is 3. The first-order valence-electron chi connectivity index (χ1n) is 8.95. The van der Waals surface area contributed by atoms with E-state index in [4.69, 9.17) is 4.42 Å². The summed E-state index contributed by atoms with van der Waals surface area (Å²) in [6.45, 7) is 7.09.